The second-order valence-electron chi connectivity index (χ2n) is 5.48. The zero-order valence-electron chi connectivity index (χ0n) is 12.9. The van der Waals surface area contributed by atoms with Crippen LogP contribution in [-0.4, -0.2) is 29.1 Å². The third-order valence-electron chi connectivity index (χ3n) is 3.90. The molecule has 0 bridgehead atoms. The van der Waals surface area contributed by atoms with E-state index in [-0.39, 0.29) is 5.65 Å². The van der Waals surface area contributed by atoms with Crippen LogP contribution in [0.2, 0.25) is 5.02 Å². The van der Waals surface area contributed by atoms with E-state index in [9.17, 15) is 9.59 Å². The predicted octanol–water partition coefficient (Wildman–Crippen LogP) is 1.57. The molecule has 0 fully saturated rings. The molecule has 8 nitrogen and oxygen atoms in total. The van der Waals surface area contributed by atoms with Gasteiger partial charge in [-0.1, -0.05) is 18.5 Å². The van der Waals surface area contributed by atoms with Crippen LogP contribution >= 0.6 is 11.6 Å². The first-order valence-corrected chi connectivity index (χ1v) is 7.75. The zero-order valence-corrected chi connectivity index (χ0v) is 13.7. The number of aromatic amines is 2. The second kappa shape index (κ2) is 5.07. The van der Waals surface area contributed by atoms with Crippen molar-refractivity contribution in [1.29, 1.82) is 0 Å². The van der Waals surface area contributed by atoms with Crippen molar-refractivity contribution in [3.8, 4) is 5.69 Å². The molecular weight excluding hydrogens is 332 g/mol. The summed E-state index contributed by atoms with van der Waals surface area (Å²) in [5, 5.41) is 6.50. The van der Waals surface area contributed by atoms with Crippen LogP contribution in [0.5, 0.6) is 0 Å². The Morgan fingerprint density at radius 2 is 2.08 bits per heavy atom. The highest BCUT2D eigenvalue weighted by Crippen LogP contribution is 2.27. The molecule has 4 aromatic rings. The average Bonchev–Trinajstić information content (AvgIpc) is 3.11. The average molecular weight is 345 g/mol. The number of nitrogens with zero attached hydrogens (tertiary/aromatic N) is 4. The minimum Gasteiger partial charge on any atom is -0.317 e. The summed E-state index contributed by atoms with van der Waals surface area (Å²) in [7, 11) is 0. The number of hydrogen-bond acceptors (Lipinski definition) is 4. The highest BCUT2D eigenvalue weighted by molar-refractivity contribution is 6.33. The van der Waals surface area contributed by atoms with Crippen molar-refractivity contribution in [2.45, 2.75) is 20.3 Å². The van der Waals surface area contributed by atoms with Crippen LogP contribution in [0.15, 0.2) is 27.9 Å². The first kappa shape index (κ1) is 14.7. The summed E-state index contributed by atoms with van der Waals surface area (Å²) in [5.74, 6) is 0.856. The molecule has 4 rings (SSSR count). The zero-order chi connectivity index (χ0) is 17.0. The monoisotopic (exact) mass is 344 g/mol. The summed E-state index contributed by atoms with van der Waals surface area (Å²) in [6.45, 7) is 3.91. The molecule has 2 N–H and O–H groups in total. The van der Waals surface area contributed by atoms with Crippen molar-refractivity contribution in [2.24, 2.45) is 0 Å². The number of aromatic nitrogens is 6. The smallest absolute Gasteiger partial charge is 0.317 e. The summed E-state index contributed by atoms with van der Waals surface area (Å²) in [4.78, 5) is 31.2. The molecular formula is C15H13ClN6O2. The van der Waals surface area contributed by atoms with E-state index >= 15 is 0 Å². The number of aryl methyl sites for hydroxylation is 2. The Bertz CT molecular complexity index is 1210. The molecule has 0 spiro atoms. The van der Waals surface area contributed by atoms with Gasteiger partial charge in [0.2, 0.25) is 5.65 Å². The van der Waals surface area contributed by atoms with Crippen molar-refractivity contribution >= 4 is 28.3 Å². The van der Waals surface area contributed by atoms with E-state index in [1.54, 1.807) is 12.1 Å². The Morgan fingerprint density at radius 1 is 1.29 bits per heavy atom. The number of hydrogen-bond donors (Lipinski definition) is 2. The lowest BCUT2D eigenvalue weighted by atomic mass is 10.2. The second-order valence-corrected chi connectivity index (χ2v) is 5.89. The van der Waals surface area contributed by atoms with E-state index in [0.29, 0.717) is 21.7 Å². The van der Waals surface area contributed by atoms with E-state index in [1.165, 1.54) is 4.40 Å². The fourth-order valence-electron chi connectivity index (χ4n) is 2.88. The molecule has 0 atom stereocenters. The van der Waals surface area contributed by atoms with Crippen molar-refractivity contribution in [2.75, 3.05) is 0 Å². The number of H-pyrrole nitrogens is 2. The van der Waals surface area contributed by atoms with Gasteiger partial charge < -0.3 is 9.55 Å². The van der Waals surface area contributed by atoms with Crippen LogP contribution in [0, 0.1) is 6.92 Å². The van der Waals surface area contributed by atoms with Gasteiger partial charge in [-0.25, -0.2) is 19.3 Å². The maximum Gasteiger partial charge on any atom is 0.348 e. The quantitative estimate of drug-likeness (QED) is 0.576. The van der Waals surface area contributed by atoms with Gasteiger partial charge in [0.25, 0.3) is 5.56 Å². The van der Waals surface area contributed by atoms with Gasteiger partial charge in [0.05, 0.1) is 27.4 Å². The maximum atomic E-state index is 12.0. The molecule has 1 aromatic carbocycles. The number of fused-ring (bicyclic) bond motifs is 3. The van der Waals surface area contributed by atoms with E-state index in [2.05, 4.69) is 20.2 Å². The van der Waals surface area contributed by atoms with Crippen molar-refractivity contribution in [1.82, 2.24) is 29.1 Å². The van der Waals surface area contributed by atoms with Gasteiger partial charge in [-0.15, -0.1) is 5.10 Å². The third-order valence-corrected chi connectivity index (χ3v) is 4.21. The van der Waals surface area contributed by atoms with Crippen molar-refractivity contribution < 1.29 is 0 Å². The Labute approximate surface area is 139 Å². The summed E-state index contributed by atoms with van der Waals surface area (Å²) in [6.07, 6.45) is 2.61. The number of halogens is 1. The van der Waals surface area contributed by atoms with Crippen LogP contribution in [0.4, 0.5) is 0 Å². The summed E-state index contributed by atoms with van der Waals surface area (Å²) in [6, 6.07) is 3.37. The molecule has 0 aliphatic rings. The van der Waals surface area contributed by atoms with E-state index < -0.39 is 11.2 Å². The number of nitrogens with one attached hydrogen (secondary N) is 2. The van der Waals surface area contributed by atoms with Gasteiger partial charge in [-0.3, -0.25) is 4.79 Å². The fraction of sp³-hybridized carbons (Fsp3) is 0.200. The van der Waals surface area contributed by atoms with E-state index in [1.807, 2.05) is 24.6 Å². The molecule has 24 heavy (non-hydrogen) atoms. The van der Waals surface area contributed by atoms with E-state index in [4.69, 9.17) is 11.6 Å². The normalized spacial score (nSPS) is 11.6. The fourth-order valence-corrected chi connectivity index (χ4v) is 3.13. The molecule has 0 aliphatic carbocycles. The Kier molecular flexibility index (Phi) is 3.10. The van der Waals surface area contributed by atoms with Crippen LogP contribution < -0.4 is 11.2 Å². The topological polar surface area (TPSA) is 101 Å². The number of imidazole rings is 1. The SMILES string of the molecule is CCc1nc(C)cn1-c1cc2c(cc1Cl)[nH]c(=O)c1n[nH]c(=O)n12. The first-order valence-electron chi connectivity index (χ1n) is 7.37. The molecule has 0 amide bonds. The summed E-state index contributed by atoms with van der Waals surface area (Å²) < 4.78 is 3.13. The summed E-state index contributed by atoms with van der Waals surface area (Å²) >= 11 is 6.41. The minimum atomic E-state index is -0.480. The van der Waals surface area contributed by atoms with Crippen molar-refractivity contribution in [3.63, 3.8) is 0 Å². The lowest BCUT2D eigenvalue weighted by Gasteiger charge is -2.11. The lowest BCUT2D eigenvalue weighted by Crippen LogP contribution is -2.17. The molecule has 9 heteroatoms. The standard InChI is InChI=1S/C15H13ClN6O2/c1-3-12-17-7(2)6-21(12)10-5-11-9(4-8(10)16)18-14(23)13-19-20-15(24)22(11)13/h4-6H,3H2,1-2H3,(H,18,23)(H,20,24). The lowest BCUT2D eigenvalue weighted by molar-refractivity contribution is 0.890. The molecule has 0 saturated carbocycles. The maximum absolute atomic E-state index is 12.0. The first-order chi connectivity index (χ1) is 11.5. The Morgan fingerprint density at radius 3 is 2.83 bits per heavy atom. The third kappa shape index (κ3) is 2.00. The summed E-state index contributed by atoms with van der Waals surface area (Å²) in [5.41, 5.74) is 1.59. The van der Waals surface area contributed by atoms with Crippen LogP contribution in [0.1, 0.15) is 18.4 Å². The predicted molar refractivity (Wildman–Crippen MR) is 90.2 cm³/mol. The van der Waals surface area contributed by atoms with E-state index in [0.717, 1.165) is 17.9 Å². The molecule has 3 heterocycles. The van der Waals surface area contributed by atoms with Crippen molar-refractivity contribution in [3.05, 3.63) is 55.7 Å². The molecule has 0 unspecified atom stereocenters. The minimum absolute atomic E-state index is 0.0123. The molecule has 0 saturated heterocycles. The van der Waals surface area contributed by atoms with Gasteiger partial charge in [-0.05, 0) is 19.1 Å². The van der Waals surface area contributed by atoms with Gasteiger partial charge in [0.15, 0.2) is 0 Å². The van der Waals surface area contributed by atoms with Gasteiger partial charge >= 0.3 is 5.69 Å². The largest absolute Gasteiger partial charge is 0.348 e. The number of rotatable bonds is 2. The molecule has 0 radical (unpaired) electrons. The highest BCUT2D eigenvalue weighted by Gasteiger charge is 2.15. The van der Waals surface area contributed by atoms with Crippen LogP contribution in [0.3, 0.4) is 0 Å². The van der Waals surface area contributed by atoms with Gasteiger partial charge in [0, 0.05) is 12.6 Å². The molecule has 122 valence electrons. The van der Waals surface area contributed by atoms with Gasteiger partial charge in [0.1, 0.15) is 5.82 Å². The Hall–Kier alpha value is -2.87. The van der Waals surface area contributed by atoms with Crippen LogP contribution in [0.25, 0.3) is 22.4 Å². The van der Waals surface area contributed by atoms with Crippen LogP contribution in [-0.2, 0) is 6.42 Å². The molecule has 0 aliphatic heterocycles. The number of benzene rings is 1. The highest BCUT2D eigenvalue weighted by atomic mass is 35.5. The Balaban J connectivity index is 2.15. The van der Waals surface area contributed by atoms with Gasteiger partial charge in [-0.2, -0.15) is 0 Å². The molecule has 3 aromatic heterocycles.